The van der Waals surface area contributed by atoms with Crippen LogP contribution >= 0.6 is 0 Å². The van der Waals surface area contributed by atoms with Crippen molar-refractivity contribution in [2.45, 2.75) is 83.5 Å². The second kappa shape index (κ2) is 18.4. The summed E-state index contributed by atoms with van der Waals surface area (Å²) >= 11 is 0. The highest BCUT2D eigenvalue weighted by atomic mass is 16.6. The summed E-state index contributed by atoms with van der Waals surface area (Å²) in [5, 5.41) is 10.2. The number of methoxy groups -OCH3 is 1. The number of fused-ring (bicyclic) bond motifs is 1. The van der Waals surface area contributed by atoms with E-state index in [0.717, 1.165) is 29.5 Å². The van der Waals surface area contributed by atoms with Gasteiger partial charge in [-0.3, -0.25) is 14.4 Å². The number of aliphatic hydroxyl groups is 1. The van der Waals surface area contributed by atoms with Crippen molar-refractivity contribution in [1.29, 1.82) is 0 Å². The fourth-order valence-electron chi connectivity index (χ4n) is 7.43. The number of nitrogens with zero attached hydrogens (tertiary/aromatic N) is 3. The van der Waals surface area contributed by atoms with Gasteiger partial charge >= 0.3 is 12.1 Å². The second-order valence-electron chi connectivity index (χ2n) is 15.8. The van der Waals surface area contributed by atoms with E-state index in [2.05, 4.69) is 6.07 Å². The number of esters is 1. The molecule has 3 atom stereocenters. The number of likely N-dealkylation sites (tertiary alicyclic amines) is 1. The lowest BCUT2D eigenvalue weighted by Gasteiger charge is -2.41. The first-order chi connectivity index (χ1) is 27.3. The molecule has 1 N–H and O–H groups in total. The Labute approximate surface area is 334 Å². The van der Waals surface area contributed by atoms with E-state index in [4.69, 9.17) is 23.7 Å². The van der Waals surface area contributed by atoms with Gasteiger partial charge in [0.15, 0.2) is 6.61 Å². The van der Waals surface area contributed by atoms with E-state index in [9.17, 15) is 19.5 Å². The van der Waals surface area contributed by atoms with Gasteiger partial charge in [-0.1, -0.05) is 36.4 Å². The molecule has 2 aliphatic heterocycles. The SMILES string of the molecule is CCOC(=O)CC(O)COc1ccc(-c2cccc([C@H]3CCN(C(=O)OC(C)(C)C)C[C@@H]3C(=O)N(c3ccc4c(c3)N(CCCOC)C(=O)CO4)C3CC3)c2)cc1. The Morgan fingerprint density at radius 3 is 2.47 bits per heavy atom. The molecule has 0 radical (unpaired) electrons. The third-order valence-electron chi connectivity index (χ3n) is 10.3. The lowest BCUT2D eigenvalue weighted by Crippen LogP contribution is -2.51. The zero-order valence-corrected chi connectivity index (χ0v) is 33.6. The quantitative estimate of drug-likeness (QED) is 0.137. The molecular weight excluding hydrogens is 730 g/mol. The van der Waals surface area contributed by atoms with Gasteiger partial charge in [0, 0.05) is 45.1 Å². The molecule has 3 aliphatic rings. The average molecular weight is 786 g/mol. The highest BCUT2D eigenvalue weighted by Crippen LogP contribution is 2.43. The Kier molecular flexibility index (Phi) is 13.4. The van der Waals surface area contributed by atoms with Crippen LogP contribution in [0.15, 0.2) is 66.7 Å². The first-order valence-corrected chi connectivity index (χ1v) is 19.9. The lowest BCUT2D eigenvalue weighted by atomic mass is 9.78. The third-order valence-corrected chi connectivity index (χ3v) is 10.3. The number of carbonyl (C=O) groups is 4. The van der Waals surface area contributed by atoms with Gasteiger partial charge in [-0.25, -0.2) is 4.79 Å². The van der Waals surface area contributed by atoms with Crippen LogP contribution in [0.3, 0.4) is 0 Å². The number of anilines is 2. The van der Waals surface area contributed by atoms with Crippen LogP contribution < -0.4 is 19.3 Å². The number of hydrogen-bond acceptors (Lipinski definition) is 10. The fraction of sp³-hybridized carbons (Fsp3) is 0.500. The lowest BCUT2D eigenvalue weighted by molar-refractivity contribution is -0.145. The Hall–Kier alpha value is -5.14. The summed E-state index contributed by atoms with van der Waals surface area (Å²) < 4.78 is 27.4. The van der Waals surface area contributed by atoms with Crippen molar-refractivity contribution < 1.29 is 48.0 Å². The summed E-state index contributed by atoms with van der Waals surface area (Å²) in [6.45, 7) is 8.96. The van der Waals surface area contributed by atoms with Crippen molar-refractivity contribution >= 4 is 35.3 Å². The van der Waals surface area contributed by atoms with Gasteiger partial charge in [-0.2, -0.15) is 0 Å². The van der Waals surface area contributed by atoms with Gasteiger partial charge in [0.05, 0.1) is 30.7 Å². The van der Waals surface area contributed by atoms with E-state index >= 15 is 4.79 Å². The van der Waals surface area contributed by atoms with Crippen molar-refractivity contribution in [2.24, 2.45) is 5.92 Å². The Bertz CT molecular complexity index is 1890. The molecule has 1 saturated heterocycles. The molecule has 3 amide bonds. The number of carbonyl (C=O) groups excluding carboxylic acids is 4. The van der Waals surface area contributed by atoms with Crippen LogP contribution in [0.5, 0.6) is 11.5 Å². The highest BCUT2D eigenvalue weighted by Gasteiger charge is 2.44. The van der Waals surface area contributed by atoms with E-state index in [0.29, 0.717) is 55.4 Å². The van der Waals surface area contributed by atoms with Crippen LogP contribution in [0.2, 0.25) is 0 Å². The van der Waals surface area contributed by atoms with Crippen LogP contribution in [-0.4, -0.2) is 105 Å². The summed E-state index contributed by atoms with van der Waals surface area (Å²) in [4.78, 5) is 58.5. The molecular formula is C44H55N3O10. The average Bonchev–Trinajstić information content (AvgIpc) is 4.03. The predicted molar refractivity (Wildman–Crippen MR) is 215 cm³/mol. The Morgan fingerprint density at radius 1 is 1.00 bits per heavy atom. The van der Waals surface area contributed by atoms with Crippen molar-refractivity contribution in [3.8, 4) is 22.6 Å². The topological polar surface area (TPSA) is 144 Å². The monoisotopic (exact) mass is 785 g/mol. The molecule has 2 heterocycles. The first-order valence-electron chi connectivity index (χ1n) is 19.9. The Morgan fingerprint density at radius 2 is 1.77 bits per heavy atom. The van der Waals surface area contributed by atoms with Gasteiger partial charge in [0.1, 0.15) is 23.7 Å². The normalized spacial score (nSPS) is 18.6. The summed E-state index contributed by atoms with van der Waals surface area (Å²) in [6, 6.07) is 21.2. The van der Waals surface area contributed by atoms with Crippen LogP contribution in [0.25, 0.3) is 11.1 Å². The number of hydrogen-bond donors (Lipinski definition) is 1. The highest BCUT2D eigenvalue weighted by molar-refractivity contribution is 6.01. The molecule has 1 saturated carbocycles. The minimum atomic E-state index is -0.986. The van der Waals surface area contributed by atoms with Crippen LogP contribution in [0, 0.1) is 5.92 Å². The standard InChI is InChI=1S/C44H55N3O10/c1-6-54-41(50)25-34(48)27-55-35-16-11-29(12-17-35)30-9-7-10-31(23-30)36-19-21-45(43(52)57-44(2,3)4)26-37(36)42(51)47(32-13-14-32)33-15-18-39-38(24-33)46(20-8-22-53-5)40(49)28-56-39/h7,9-12,15-18,23-24,32,34,36-37,48H,6,8,13-14,19-22,25-28H2,1-5H3/t34?,36-,37+/m1/s1. The molecule has 1 unspecified atom stereocenters. The number of rotatable bonds is 15. The van der Waals surface area contributed by atoms with Crippen LogP contribution in [0.1, 0.15) is 71.3 Å². The predicted octanol–water partition coefficient (Wildman–Crippen LogP) is 6.34. The molecule has 6 rings (SSSR count). The summed E-state index contributed by atoms with van der Waals surface area (Å²) in [5.74, 6) is -0.340. The molecule has 13 heteroatoms. The first kappa shape index (κ1) is 41.5. The molecule has 0 bridgehead atoms. The Balaban J connectivity index is 1.26. The van der Waals surface area contributed by atoms with Gasteiger partial charge in [0.25, 0.3) is 5.91 Å². The molecule has 0 aromatic heterocycles. The molecule has 1 aliphatic carbocycles. The second-order valence-corrected chi connectivity index (χ2v) is 15.8. The molecule has 306 valence electrons. The van der Waals surface area contributed by atoms with Crippen molar-refractivity contribution in [3.05, 3.63) is 72.3 Å². The molecule has 3 aromatic carbocycles. The third kappa shape index (κ3) is 10.6. The maximum atomic E-state index is 15.1. The van der Waals surface area contributed by atoms with E-state index < -0.39 is 29.7 Å². The van der Waals surface area contributed by atoms with Gasteiger partial charge < -0.3 is 43.5 Å². The minimum Gasteiger partial charge on any atom is -0.491 e. The van der Waals surface area contributed by atoms with Gasteiger partial charge in [-0.15, -0.1) is 0 Å². The number of aliphatic hydroxyl groups excluding tert-OH is 1. The zero-order valence-electron chi connectivity index (χ0n) is 33.6. The molecule has 2 fully saturated rings. The molecule has 0 spiro atoms. The zero-order chi connectivity index (χ0) is 40.7. The number of piperidine rings is 1. The fourth-order valence-corrected chi connectivity index (χ4v) is 7.43. The van der Waals surface area contributed by atoms with E-state index in [-0.39, 0.29) is 56.6 Å². The van der Waals surface area contributed by atoms with Crippen molar-refractivity contribution in [2.75, 3.05) is 63.0 Å². The smallest absolute Gasteiger partial charge is 0.410 e. The number of ether oxygens (including phenoxy) is 5. The maximum absolute atomic E-state index is 15.1. The number of amides is 3. The summed E-state index contributed by atoms with van der Waals surface area (Å²) in [7, 11) is 1.63. The van der Waals surface area contributed by atoms with Crippen LogP contribution in [-0.2, 0) is 28.6 Å². The molecule has 3 aromatic rings. The number of benzene rings is 3. The largest absolute Gasteiger partial charge is 0.491 e. The van der Waals surface area contributed by atoms with Crippen molar-refractivity contribution in [3.63, 3.8) is 0 Å². The molecule has 57 heavy (non-hydrogen) atoms. The van der Waals surface area contributed by atoms with Gasteiger partial charge in [0.2, 0.25) is 5.91 Å². The van der Waals surface area contributed by atoms with Crippen molar-refractivity contribution in [1.82, 2.24) is 4.90 Å². The van der Waals surface area contributed by atoms with E-state index in [1.807, 2.05) is 86.3 Å². The minimum absolute atomic E-state index is 0.00593. The van der Waals surface area contributed by atoms with E-state index in [1.54, 1.807) is 23.8 Å². The molecule has 13 nitrogen and oxygen atoms in total. The maximum Gasteiger partial charge on any atom is 0.410 e. The van der Waals surface area contributed by atoms with Crippen LogP contribution in [0.4, 0.5) is 16.2 Å². The summed E-state index contributed by atoms with van der Waals surface area (Å²) in [6.07, 6.45) is 1.33. The van der Waals surface area contributed by atoms with E-state index in [1.165, 1.54) is 0 Å². The summed E-state index contributed by atoms with van der Waals surface area (Å²) in [5.41, 5.74) is 3.50. The van der Waals surface area contributed by atoms with Gasteiger partial charge in [-0.05, 0) is 106 Å².